The standard InChI is InChI=1S/C14H11BrN4O2/c1-18(9-10-4-2-3-5-11(10)15)14-7-6-13(19(20)21)12(8-16)17-14/h2-7H,9H2,1H3. The summed E-state index contributed by atoms with van der Waals surface area (Å²) in [6.45, 7) is 0.567. The largest absolute Gasteiger partial charge is 0.355 e. The molecule has 0 bridgehead atoms. The van der Waals surface area contributed by atoms with Crippen molar-refractivity contribution in [1.29, 1.82) is 5.26 Å². The minimum atomic E-state index is -0.608. The molecule has 1 aromatic carbocycles. The summed E-state index contributed by atoms with van der Waals surface area (Å²) < 4.78 is 0.972. The smallest absolute Gasteiger partial charge is 0.305 e. The molecule has 0 saturated carbocycles. The Kier molecular flexibility index (Phi) is 4.50. The Morgan fingerprint density at radius 3 is 2.71 bits per heavy atom. The third-order valence-corrected chi connectivity index (χ3v) is 3.69. The highest BCUT2D eigenvalue weighted by molar-refractivity contribution is 9.10. The molecule has 0 amide bonds. The second-order valence-corrected chi connectivity index (χ2v) is 5.21. The van der Waals surface area contributed by atoms with Gasteiger partial charge in [0.1, 0.15) is 11.9 Å². The lowest BCUT2D eigenvalue weighted by atomic mass is 10.2. The number of hydrogen-bond acceptors (Lipinski definition) is 5. The van der Waals surface area contributed by atoms with Crippen LogP contribution in [0.25, 0.3) is 0 Å². The molecule has 0 spiro atoms. The zero-order valence-electron chi connectivity index (χ0n) is 11.2. The molecule has 0 unspecified atom stereocenters. The maximum absolute atomic E-state index is 10.8. The lowest BCUT2D eigenvalue weighted by molar-refractivity contribution is -0.385. The van der Waals surface area contributed by atoms with Gasteiger partial charge in [-0.2, -0.15) is 5.26 Å². The number of anilines is 1. The SMILES string of the molecule is CN(Cc1ccccc1Br)c1ccc([N+](=O)[O-])c(C#N)n1. The number of hydrogen-bond donors (Lipinski definition) is 0. The van der Waals surface area contributed by atoms with Crippen LogP contribution in [0, 0.1) is 21.4 Å². The lowest BCUT2D eigenvalue weighted by Crippen LogP contribution is -2.18. The summed E-state index contributed by atoms with van der Waals surface area (Å²) in [5.41, 5.74) is 0.589. The molecule has 0 aliphatic rings. The summed E-state index contributed by atoms with van der Waals surface area (Å²) >= 11 is 3.47. The number of halogens is 1. The molecule has 6 nitrogen and oxygen atoms in total. The Morgan fingerprint density at radius 2 is 2.10 bits per heavy atom. The molecule has 106 valence electrons. The molecule has 0 radical (unpaired) electrons. The average Bonchev–Trinajstić information content (AvgIpc) is 2.48. The van der Waals surface area contributed by atoms with E-state index in [4.69, 9.17) is 5.26 Å². The van der Waals surface area contributed by atoms with Gasteiger partial charge in [-0.05, 0) is 17.7 Å². The van der Waals surface area contributed by atoms with Gasteiger partial charge >= 0.3 is 5.69 Å². The van der Waals surface area contributed by atoms with Gasteiger partial charge in [-0.15, -0.1) is 0 Å². The van der Waals surface area contributed by atoms with E-state index in [2.05, 4.69) is 20.9 Å². The third kappa shape index (κ3) is 3.35. The van der Waals surface area contributed by atoms with E-state index < -0.39 is 4.92 Å². The van der Waals surface area contributed by atoms with Crippen molar-refractivity contribution in [2.45, 2.75) is 6.54 Å². The van der Waals surface area contributed by atoms with Crippen molar-refractivity contribution in [1.82, 2.24) is 4.98 Å². The first kappa shape index (κ1) is 14.9. The van der Waals surface area contributed by atoms with Gasteiger partial charge in [-0.3, -0.25) is 10.1 Å². The highest BCUT2D eigenvalue weighted by Gasteiger charge is 2.17. The van der Waals surface area contributed by atoms with Crippen molar-refractivity contribution < 1.29 is 4.92 Å². The first-order chi connectivity index (χ1) is 10.0. The number of nitrogens with zero attached hydrogens (tertiary/aromatic N) is 4. The number of nitriles is 1. The number of pyridine rings is 1. The topological polar surface area (TPSA) is 83.1 Å². The van der Waals surface area contributed by atoms with Crippen LogP contribution in [0.5, 0.6) is 0 Å². The lowest BCUT2D eigenvalue weighted by Gasteiger charge is -2.19. The van der Waals surface area contributed by atoms with Gasteiger partial charge in [0, 0.05) is 24.1 Å². The van der Waals surface area contributed by atoms with E-state index in [1.54, 1.807) is 6.07 Å². The molecule has 0 atom stereocenters. The van der Waals surface area contributed by atoms with Crippen molar-refractivity contribution in [3.8, 4) is 6.07 Å². The highest BCUT2D eigenvalue weighted by atomic mass is 79.9. The first-order valence-electron chi connectivity index (χ1n) is 6.03. The van der Waals surface area contributed by atoms with Crippen LogP contribution in [0.2, 0.25) is 0 Å². The molecule has 0 aliphatic heterocycles. The van der Waals surface area contributed by atoms with Crippen LogP contribution in [0.1, 0.15) is 11.3 Å². The van der Waals surface area contributed by atoms with Crippen LogP contribution >= 0.6 is 15.9 Å². The normalized spacial score (nSPS) is 9.95. The summed E-state index contributed by atoms with van der Waals surface area (Å²) in [6, 6.07) is 12.4. The van der Waals surface area contributed by atoms with E-state index in [1.165, 1.54) is 12.1 Å². The molecule has 1 aromatic heterocycles. The van der Waals surface area contributed by atoms with Crippen molar-refractivity contribution in [2.75, 3.05) is 11.9 Å². The summed E-state index contributed by atoms with van der Waals surface area (Å²) in [6.07, 6.45) is 0. The maximum Gasteiger partial charge on any atom is 0.305 e. The number of benzene rings is 1. The van der Waals surface area contributed by atoms with Gasteiger partial charge < -0.3 is 4.90 Å². The van der Waals surface area contributed by atoms with Crippen LogP contribution in [-0.4, -0.2) is 17.0 Å². The summed E-state index contributed by atoms with van der Waals surface area (Å²) in [5, 5.41) is 19.8. The molecular formula is C14H11BrN4O2. The molecule has 1 heterocycles. The van der Waals surface area contributed by atoms with Gasteiger partial charge in [0.2, 0.25) is 5.69 Å². The van der Waals surface area contributed by atoms with Gasteiger partial charge in [0.15, 0.2) is 0 Å². The van der Waals surface area contributed by atoms with Crippen molar-refractivity contribution >= 4 is 27.4 Å². The van der Waals surface area contributed by atoms with E-state index in [0.717, 1.165) is 10.0 Å². The number of nitro groups is 1. The number of rotatable bonds is 4. The highest BCUT2D eigenvalue weighted by Crippen LogP contribution is 2.23. The molecule has 0 fully saturated rings. The van der Waals surface area contributed by atoms with Gasteiger partial charge in [-0.25, -0.2) is 4.98 Å². The molecule has 0 aliphatic carbocycles. The monoisotopic (exact) mass is 346 g/mol. The van der Waals surface area contributed by atoms with Crippen molar-refractivity contribution in [3.05, 3.63) is 62.2 Å². The summed E-state index contributed by atoms with van der Waals surface area (Å²) in [4.78, 5) is 16.1. The van der Waals surface area contributed by atoms with Crippen LogP contribution in [0.4, 0.5) is 11.5 Å². The fourth-order valence-corrected chi connectivity index (χ4v) is 2.26. The van der Waals surface area contributed by atoms with Gasteiger partial charge in [0.05, 0.1) is 4.92 Å². The van der Waals surface area contributed by atoms with E-state index in [1.807, 2.05) is 36.2 Å². The Hall–Kier alpha value is -2.46. The molecule has 2 aromatic rings. The van der Waals surface area contributed by atoms with Gasteiger partial charge in [0.25, 0.3) is 0 Å². The Bertz CT molecular complexity index is 727. The van der Waals surface area contributed by atoms with Crippen molar-refractivity contribution in [2.24, 2.45) is 0 Å². The molecule has 7 heteroatoms. The van der Waals surface area contributed by atoms with Crippen LogP contribution in [-0.2, 0) is 6.54 Å². The molecule has 2 rings (SSSR count). The minimum absolute atomic E-state index is 0.184. The predicted octanol–water partition coefficient (Wildman–Crippen LogP) is 3.26. The second kappa shape index (κ2) is 6.33. The Labute approximate surface area is 129 Å². The van der Waals surface area contributed by atoms with E-state index >= 15 is 0 Å². The first-order valence-corrected chi connectivity index (χ1v) is 6.82. The molecule has 0 N–H and O–H groups in total. The summed E-state index contributed by atoms with van der Waals surface area (Å²) in [5.74, 6) is 0.507. The Morgan fingerprint density at radius 1 is 1.38 bits per heavy atom. The zero-order valence-corrected chi connectivity index (χ0v) is 12.7. The van der Waals surface area contributed by atoms with Crippen LogP contribution < -0.4 is 4.90 Å². The fraction of sp³-hybridized carbons (Fsp3) is 0.143. The van der Waals surface area contributed by atoms with E-state index in [0.29, 0.717) is 12.4 Å². The predicted molar refractivity (Wildman–Crippen MR) is 81.9 cm³/mol. The third-order valence-electron chi connectivity index (χ3n) is 2.92. The number of aromatic nitrogens is 1. The van der Waals surface area contributed by atoms with Crippen LogP contribution in [0.15, 0.2) is 40.9 Å². The Balaban J connectivity index is 2.28. The minimum Gasteiger partial charge on any atom is -0.355 e. The van der Waals surface area contributed by atoms with Crippen LogP contribution in [0.3, 0.4) is 0 Å². The molecular weight excluding hydrogens is 336 g/mol. The quantitative estimate of drug-likeness (QED) is 0.626. The maximum atomic E-state index is 10.8. The van der Waals surface area contributed by atoms with E-state index in [-0.39, 0.29) is 11.4 Å². The zero-order chi connectivity index (χ0) is 15.4. The molecule has 21 heavy (non-hydrogen) atoms. The van der Waals surface area contributed by atoms with Crippen molar-refractivity contribution in [3.63, 3.8) is 0 Å². The fourth-order valence-electron chi connectivity index (χ4n) is 1.85. The van der Waals surface area contributed by atoms with Gasteiger partial charge in [-0.1, -0.05) is 34.1 Å². The van der Waals surface area contributed by atoms with E-state index in [9.17, 15) is 10.1 Å². The average molecular weight is 347 g/mol. The second-order valence-electron chi connectivity index (χ2n) is 4.35. The molecule has 0 saturated heterocycles. The summed E-state index contributed by atoms with van der Waals surface area (Å²) in [7, 11) is 1.81.